The summed E-state index contributed by atoms with van der Waals surface area (Å²) < 4.78 is 66.5. The third kappa shape index (κ3) is 8.86. The molecule has 1 atom stereocenters. The molecular weight excluding hydrogens is 614 g/mol. The molecule has 0 saturated carbocycles. The summed E-state index contributed by atoms with van der Waals surface area (Å²) in [5.74, 6) is -1.34. The van der Waals surface area contributed by atoms with Gasteiger partial charge in [-0.3, -0.25) is 13.9 Å². The number of amides is 2. The van der Waals surface area contributed by atoms with Gasteiger partial charge in [0.2, 0.25) is 21.8 Å². The first-order valence-corrected chi connectivity index (χ1v) is 15.5. The third-order valence-electron chi connectivity index (χ3n) is 6.35. The van der Waals surface area contributed by atoms with E-state index in [2.05, 4.69) is 5.32 Å². The van der Waals surface area contributed by atoms with E-state index >= 15 is 0 Å². The molecule has 0 heterocycles. The molecule has 0 fully saturated rings. The van der Waals surface area contributed by atoms with Gasteiger partial charge in [-0.05, 0) is 42.3 Å². The molecule has 3 aromatic rings. The van der Waals surface area contributed by atoms with Gasteiger partial charge >= 0.3 is 6.18 Å². The smallest absolute Gasteiger partial charge is 0.354 e. The minimum absolute atomic E-state index is 0.0621. The first-order chi connectivity index (χ1) is 19.7. The quantitative estimate of drug-likeness (QED) is 0.264. The number of nitrogens with zero attached hydrogens (tertiary/aromatic N) is 2. The zero-order valence-electron chi connectivity index (χ0n) is 22.9. The van der Waals surface area contributed by atoms with Gasteiger partial charge in [-0.15, -0.1) is 0 Å². The average molecular weight is 645 g/mol. The summed E-state index contributed by atoms with van der Waals surface area (Å²) in [5.41, 5.74) is -0.399. The predicted molar refractivity (Wildman–Crippen MR) is 158 cm³/mol. The summed E-state index contributed by atoms with van der Waals surface area (Å²) in [6.45, 7) is 1.03. The zero-order valence-corrected chi connectivity index (χ0v) is 25.2. The molecule has 13 heteroatoms. The fourth-order valence-corrected chi connectivity index (χ4v) is 5.58. The number of benzene rings is 3. The van der Waals surface area contributed by atoms with Crippen LogP contribution in [0.1, 0.15) is 30.0 Å². The van der Waals surface area contributed by atoms with Crippen molar-refractivity contribution in [1.29, 1.82) is 0 Å². The molecular formula is C29H30Cl2F3N3O4S. The van der Waals surface area contributed by atoms with Gasteiger partial charge in [-0.2, -0.15) is 13.2 Å². The van der Waals surface area contributed by atoms with Crippen molar-refractivity contribution in [3.05, 3.63) is 99.5 Å². The van der Waals surface area contributed by atoms with Crippen molar-refractivity contribution in [3.63, 3.8) is 0 Å². The van der Waals surface area contributed by atoms with E-state index in [0.717, 1.165) is 34.9 Å². The number of carbonyl (C=O) groups is 2. The number of carbonyl (C=O) groups excluding carboxylic acids is 2. The molecule has 0 aliphatic carbocycles. The highest BCUT2D eigenvalue weighted by Crippen LogP contribution is 2.33. The molecule has 0 saturated heterocycles. The van der Waals surface area contributed by atoms with Crippen molar-refractivity contribution >= 4 is 50.7 Å². The minimum atomic E-state index is -4.74. The molecule has 0 aromatic heterocycles. The van der Waals surface area contributed by atoms with Gasteiger partial charge < -0.3 is 10.2 Å². The van der Waals surface area contributed by atoms with Gasteiger partial charge in [0.15, 0.2) is 0 Å². The Kier molecular flexibility index (Phi) is 11.3. The monoisotopic (exact) mass is 643 g/mol. The van der Waals surface area contributed by atoms with Crippen molar-refractivity contribution in [2.75, 3.05) is 23.7 Å². The van der Waals surface area contributed by atoms with Crippen LogP contribution in [0.25, 0.3) is 0 Å². The van der Waals surface area contributed by atoms with Crippen LogP contribution in [-0.4, -0.2) is 50.5 Å². The molecule has 0 aliphatic rings. The lowest BCUT2D eigenvalue weighted by molar-refractivity contribution is -0.140. The van der Waals surface area contributed by atoms with Crippen LogP contribution in [0.4, 0.5) is 18.9 Å². The summed E-state index contributed by atoms with van der Waals surface area (Å²) >= 11 is 12.8. The number of hydrogen-bond acceptors (Lipinski definition) is 4. The standard InChI is InChI=1S/C29H30Cl2F3N3O4S/c1-3-15-35-28(39)26(16-20-9-5-4-6-10-20)36(18-23-24(30)13-8-14-25(23)31)27(38)19-37(42(2,40)41)22-12-7-11-21(17-22)29(32,33)34/h4-14,17,26H,3,15-16,18-19H2,1-2H3,(H,35,39). The van der Waals surface area contributed by atoms with E-state index < -0.39 is 46.2 Å². The SMILES string of the molecule is CCCNC(=O)C(Cc1ccccc1)N(Cc1c(Cl)cccc1Cl)C(=O)CN(c1cccc(C(F)(F)F)c1)S(C)(=O)=O. The van der Waals surface area contributed by atoms with Crippen LogP contribution in [0.5, 0.6) is 0 Å². The highest BCUT2D eigenvalue weighted by molar-refractivity contribution is 7.92. The molecule has 226 valence electrons. The fourth-order valence-electron chi connectivity index (χ4n) is 4.22. The van der Waals surface area contributed by atoms with Gasteiger partial charge in [0, 0.05) is 35.1 Å². The Hall–Kier alpha value is -3.28. The van der Waals surface area contributed by atoms with E-state index in [1.54, 1.807) is 48.5 Å². The molecule has 7 nitrogen and oxygen atoms in total. The van der Waals surface area contributed by atoms with Gasteiger partial charge in [0.1, 0.15) is 12.6 Å². The lowest BCUT2D eigenvalue weighted by Crippen LogP contribution is -2.53. The van der Waals surface area contributed by atoms with Crippen LogP contribution < -0.4 is 9.62 Å². The van der Waals surface area contributed by atoms with Crippen LogP contribution >= 0.6 is 23.2 Å². The molecule has 2 amide bonds. The molecule has 1 N–H and O–H groups in total. The van der Waals surface area contributed by atoms with E-state index in [1.165, 1.54) is 0 Å². The summed E-state index contributed by atoms with van der Waals surface area (Å²) in [6.07, 6.45) is -3.28. The van der Waals surface area contributed by atoms with Gasteiger partial charge in [0.05, 0.1) is 17.5 Å². The topological polar surface area (TPSA) is 86.8 Å². The highest BCUT2D eigenvalue weighted by Gasteiger charge is 2.35. The lowest BCUT2D eigenvalue weighted by Gasteiger charge is -2.34. The van der Waals surface area contributed by atoms with Crippen molar-refractivity contribution in [2.24, 2.45) is 0 Å². The Morgan fingerprint density at radius 3 is 2.14 bits per heavy atom. The highest BCUT2D eigenvalue weighted by atomic mass is 35.5. The number of halogens is 5. The van der Waals surface area contributed by atoms with Crippen LogP contribution in [0, 0.1) is 0 Å². The predicted octanol–water partition coefficient (Wildman–Crippen LogP) is 5.94. The van der Waals surface area contributed by atoms with Gasteiger partial charge in [0.25, 0.3) is 0 Å². The summed E-state index contributed by atoms with van der Waals surface area (Å²) in [6, 6.07) is 16.1. The number of hydrogen-bond donors (Lipinski definition) is 1. The Bertz CT molecular complexity index is 1490. The molecule has 0 aliphatic heterocycles. The van der Waals surface area contributed by atoms with Crippen LogP contribution in [0.3, 0.4) is 0 Å². The normalized spacial score (nSPS) is 12.5. The maximum absolute atomic E-state index is 14.0. The summed E-state index contributed by atoms with van der Waals surface area (Å²) in [5, 5.41) is 3.21. The Balaban J connectivity index is 2.11. The van der Waals surface area contributed by atoms with Crippen molar-refractivity contribution in [1.82, 2.24) is 10.2 Å². The molecule has 42 heavy (non-hydrogen) atoms. The summed E-state index contributed by atoms with van der Waals surface area (Å²) in [4.78, 5) is 28.7. The molecule has 0 bridgehead atoms. The van der Waals surface area contributed by atoms with Gasteiger partial charge in [-0.25, -0.2) is 8.42 Å². The molecule has 1 unspecified atom stereocenters. The number of rotatable bonds is 12. The number of nitrogens with one attached hydrogen (secondary N) is 1. The molecule has 3 rings (SSSR count). The second-order valence-corrected chi connectivity index (χ2v) is 12.3. The first-order valence-electron chi connectivity index (χ1n) is 12.9. The second kappa shape index (κ2) is 14.3. The van der Waals surface area contributed by atoms with E-state index in [0.29, 0.717) is 28.9 Å². The maximum atomic E-state index is 14.0. The number of sulfonamides is 1. The van der Waals surface area contributed by atoms with Crippen molar-refractivity contribution in [2.45, 2.75) is 38.5 Å². The zero-order chi connectivity index (χ0) is 31.1. The largest absolute Gasteiger partial charge is 0.416 e. The van der Waals surface area contributed by atoms with E-state index in [1.807, 2.05) is 6.92 Å². The Morgan fingerprint density at radius 1 is 0.952 bits per heavy atom. The average Bonchev–Trinajstić information content (AvgIpc) is 2.93. The fraction of sp³-hybridized carbons (Fsp3) is 0.310. The molecule has 0 radical (unpaired) electrons. The molecule has 0 spiro atoms. The van der Waals surface area contributed by atoms with Crippen LogP contribution in [0.2, 0.25) is 10.0 Å². The van der Waals surface area contributed by atoms with Crippen molar-refractivity contribution < 1.29 is 31.2 Å². The number of anilines is 1. The van der Waals surface area contributed by atoms with Gasteiger partial charge in [-0.1, -0.05) is 72.6 Å². The van der Waals surface area contributed by atoms with Crippen molar-refractivity contribution in [3.8, 4) is 0 Å². The van der Waals surface area contributed by atoms with E-state index in [4.69, 9.17) is 23.2 Å². The first kappa shape index (κ1) is 33.2. The van der Waals surface area contributed by atoms with E-state index in [9.17, 15) is 31.2 Å². The molecule has 3 aromatic carbocycles. The van der Waals surface area contributed by atoms with E-state index in [-0.39, 0.29) is 28.7 Å². The third-order valence-corrected chi connectivity index (χ3v) is 8.20. The van der Waals surface area contributed by atoms with Crippen LogP contribution in [0.15, 0.2) is 72.8 Å². The lowest BCUT2D eigenvalue weighted by atomic mass is 10.0. The summed E-state index contributed by atoms with van der Waals surface area (Å²) in [7, 11) is -4.25. The number of alkyl halides is 3. The van der Waals surface area contributed by atoms with Crippen LogP contribution in [-0.2, 0) is 38.8 Å². The Labute approximate surface area is 253 Å². The Morgan fingerprint density at radius 2 is 1.57 bits per heavy atom. The minimum Gasteiger partial charge on any atom is -0.354 e. The maximum Gasteiger partial charge on any atom is 0.416 e. The second-order valence-electron chi connectivity index (χ2n) is 9.54.